The van der Waals surface area contributed by atoms with Gasteiger partial charge in [-0.05, 0) is 37.1 Å². The van der Waals surface area contributed by atoms with E-state index in [1.807, 2.05) is 38.1 Å². The van der Waals surface area contributed by atoms with Crippen molar-refractivity contribution < 1.29 is 0 Å². The number of benzene rings is 1. The molecule has 5 nitrogen and oxygen atoms in total. The van der Waals surface area contributed by atoms with Gasteiger partial charge in [0, 0.05) is 19.0 Å². The van der Waals surface area contributed by atoms with Gasteiger partial charge < -0.3 is 0 Å². The van der Waals surface area contributed by atoms with E-state index >= 15 is 0 Å². The minimum atomic E-state index is -0.563. The lowest BCUT2D eigenvalue weighted by Gasteiger charge is -2.11. The Bertz CT molecular complexity index is 872. The molecule has 0 radical (unpaired) electrons. The van der Waals surface area contributed by atoms with Crippen LogP contribution in [0.5, 0.6) is 0 Å². The lowest BCUT2D eigenvalue weighted by atomic mass is 10.1. The van der Waals surface area contributed by atoms with E-state index in [9.17, 15) is 14.9 Å². The van der Waals surface area contributed by atoms with Gasteiger partial charge in [-0.1, -0.05) is 17.8 Å². The molecule has 0 aliphatic carbocycles. The molecule has 2 aromatic rings. The van der Waals surface area contributed by atoms with E-state index in [-0.39, 0.29) is 5.56 Å². The third-order valence-electron chi connectivity index (χ3n) is 3.42. The average molecular weight is 301 g/mol. The molecule has 0 unspecified atom stereocenters. The maximum Gasteiger partial charge on any atom is 0.331 e. The summed E-state index contributed by atoms with van der Waals surface area (Å²) < 4.78 is 2.28. The lowest BCUT2D eigenvalue weighted by molar-refractivity contribution is 0.631. The molecular formula is C15H15N3O2S. The minimum Gasteiger partial charge on any atom is -0.290 e. The van der Waals surface area contributed by atoms with Gasteiger partial charge in [-0.3, -0.25) is 13.9 Å². The first-order chi connectivity index (χ1) is 9.86. The summed E-state index contributed by atoms with van der Waals surface area (Å²) in [7, 11) is 2.93. The number of aromatic nitrogens is 2. The summed E-state index contributed by atoms with van der Waals surface area (Å²) in [6.45, 7) is 4.01. The Morgan fingerprint density at radius 3 is 2.33 bits per heavy atom. The third kappa shape index (κ3) is 2.65. The first-order valence-electron chi connectivity index (χ1n) is 6.32. The molecule has 1 heterocycles. The molecule has 21 heavy (non-hydrogen) atoms. The van der Waals surface area contributed by atoms with Gasteiger partial charge in [0.05, 0.1) is 0 Å². The number of hydrogen-bond acceptors (Lipinski definition) is 4. The monoisotopic (exact) mass is 301 g/mol. The van der Waals surface area contributed by atoms with E-state index in [1.165, 1.54) is 23.4 Å². The van der Waals surface area contributed by atoms with Crippen LogP contribution in [0.25, 0.3) is 0 Å². The van der Waals surface area contributed by atoms with Gasteiger partial charge in [0.15, 0.2) is 0 Å². The summed E-state index contributed by atoms with van der Waals surface area (Å²) in [5.74, 6) is 0. The van der Waals surface area contributed by atoms with Gasteiger partial charge in [0.25, 0.3) is 5.56 Å². The molecule has 0 saturated carbocycles. The second kappa shape index (κ2) is 5.62. The Morgan fingerprint density at radius 1 is 1.10 bits per heavy atom. The van der Waals surface area contributed by atoms with Crippen LogP contribution < -0.4 is 11.2 Å². The van der Waals surface area contributed by atoms with Crippen LogP contribution in [0.2, 0.25) is 0 Å². The molecule has 108 valence electrons. The van der Waals surface area contributed by atoms with E-state index in [0.29, 0.717) is 5.03 Å². The zero-order valence-electron chi connectivity index (χ0n) is 12.3. The maximum atomic E-state index is 12.0. The smallest absolute Gasteiger partial charge is 0.290 e. The zero-order chi connectivity index (χ0) is 15.7. The van der Waals surface area contributed by atoms with E-state index in [4.69, 9.17) is 0 Å². The molecule has 0 bridgehead atoms. The van der Waals surface area contributed by atoms with Gasteiger partial charge in [-0.25, -0.2) is 4.79 Å². The van der Waals surface area contributed by atoms with Crippen molar-refractivity contribution in [1.29, 1.82) is 5.26 Å². The number of nitrogens with zero attached hydrogens (tertiary/aromatic N) is 3. The number of aryl methyl sites for hydroxylation is 2. The highest BCUT2D eigenvalue weighted by Gasteiger charge is 2.16. The van der Waals surface area contributed by atoms with Crippen molar-refractivity contribution in [2.75, 3.05) is 0 Å². The molecule has 0 aliphatic rings. The number of nitriles is 1. The van der Waals surface area contributed by atoms with Crippen molar-refractivity contribution in [2.24, 2.45) is 14.1 Å². The summed E-state index contributed by atoms with van der Waals surface area (Å²) in [5, 5.41) is 9.59. The topological polar surface area (TPSA) is 67.8 Å². The maximum absolute atomic E-state index is 12.0. The molecule has 0 spiro atoms. The van der Waals surface area contributed by atoms with Crippen LogP contribution in [-0.2, 0) is 14.1 Å². The molecule has 1 aromatic carbocycles. The van der Waals surface area contributed by atoms with E-state index in [1.54, 1.807) is 7.05 Å². The fraction of sp³-hybridized carbons (Fsp3) is 0.267. The summed E-state index contributed by atoms with van der Waals surface area (Å²) in [6, 6.07) is 7.77. The molecule has 0 aliphatic heterocycles. The molecule has 0 atom stereocenters. The van der Waals surface area contributed by atoms with Crippen molar-refractivity contribution in [3.05, 3.63) is 55.7 Å². The molecular weight excluding hydrogens is 286 g/mol. The van der Waals surface area contributed by atoms with Gasteiger partial charge in [-0.15, -0.1) is 0 Å². The summed E-state index contributed by atoms with van der Waals surface area (Å²) in [6.07, 6.45) is 0. The second-order valence-electron chi connectivity index (χ2n) is 4.85. The summed E-state index contributed by atoms with van der Waals surface area (Å²) in [5.41, 5.74) is 1.27. The summed E-state index contributed by atoms with van der Waals surface area (Å²) >= 11 is 1.25. The predicted octanol–water partition coefficient (Wildman–Crippen LogP) is 1.72. The lowest BCUT2D eigenvalue weighted by Crippen LogP contribution is -2.39. The Morgan fingerprint density at radius 2 is 1.76 bits per heavy atom. The first kappa shape index (κ1) is 15.1. The Labute approximate surface area is 126 Å². The quantitative estimate of drug-likeness (QED) is 0.792. The van der Waals surface area contributed by atoms with Crippen molar-refractivity contribution >= 4 is 11.8 Å². The van der Waals surface area contributed by atoms with Crippen molar-refractivity contribution in [1.82, 2.24) is 9.13 Å². The van der Waals surface area contributed by atoms with Gasteiger partial charge in [-0.2, -0.15) is 5.26 Å². The standard InChI is InChI=1S/C15H15N3O2S/c1-9-5-6-11(7-10(9)2)21-14-12(8-16)13(19)17(3)15(20)18(14)4/h5-7H,1-4H3. The van der Waals surface area contributed by atoms with Crippen LogP contribution in [0.15, 0.2) is 37.7 Å². The Hall–Kier alpha value is -2.26. The van der Waals surface area contributed by atoms with Crippen molar-refractivity contribution in [2.45, 2.75) is 23.8 Å². The molecule has 6 heteroatoms. The first-order valence-corrected chi connectivity index (χ1v) is 7.13. The zero-order valence-corrected chi connectivity index (χ0v) is 13.1. The van der Waals surface area contributed by atoms with E-state index in [2.05, 4.69) is 0 Å². The molecule has 0 amide bonds. The largest absolute Gasteiger partial charge is 0.331 e. The van der Waals surface area contributed by atoms with Gasteiger partial charge in [0.2, 0.25) is 0 Å². The van der Waals surface area contributed by atoms with Crippen LogP contribution in [0.4, 0.5) is 0 Å². The Kier molecular flexibility index (Phi) is 4.05. The van der Waals surface area contributed by atoms with Crippen LogP contribution in [0, 0.1) is 25.2 Å². The predicted molar refractivity (Wildman–Crippen MR) is 81.7 cm³/mol. The SMILES string of the molecule is Cc1ccc(Sc2c(C#N)c(=O)n(C)c(=O)n2C)cc1C. The molecule has 0 fully saturated rings. The fourth-order valence-electron chi connectivity index (χ4n) is 1.93. The van der Waals surface area contributed by atoms with E-state index in [0.717, 1.165) is 20.6 Å². The van der Waals surface area contributed by atoms with Gasteiger partial charge in [0.1, 0.15) is 16.7 Å². The molecule has 1 aromatic heterocycles. The highest BCUT2D eigenvalue weighted by Crippen LogP contribution is 2.29. The van der Waals surface area contributed by atoms with Crippen LogP contribution in [0.1, 0.15) is 16.7 Å². The second-order valence-corrected chi connectivity index (χ2v) is 5.91. The van der Waals surface area contributed by atoms with Gasteiger partial charge >= 0.3 is 5.69 Å². The van der Waals surface area contributed by atoms with E-state index < -0.39 is 11.2 Å². The number of hydrogen-bond donors (Lipinski definition) is 0. The van der Waals surface area contributed by atoms with Crippen molar-refractivity contribution in [3.63, 3.8) is 0 Å². The minimum absolute atomic E-state index is 0.0113. The molecule has 2 rings (SSSR count). The third-order valence-corrected chi connectivity index (χ3v) is 4.58. The highest BCUT2D eigenvalue weighted by molar-refractivity contribution is 7.99. The van der Waals surface area contributed by atoms with Crippen LogP contribution >= 0.6 is 11.8 Å². The average Bonchev–Trinajstić information content (AvgIpc) is 2.46. The Balaban J connectivity index is 2.65. The number of rotatable bonds is 2. The molecule has 0 saturated heterocycles. The normalized spacial score (nSPS) is 10.4. The van der Waals surface area contributed by atoms with Crippen molar-refractivity contribution in [3.8, 4) is 6.07 Å². The van der Waals surface area contributed by atoms with Crippen LogP contribution in [-0.4, -0.2) is 9.13 Å². The summed E-state index contributed by atoms with van der Waals surface area (Å²) in [4.78, 5) is 24.9. The van der Waals surface area contributed by atoms with Crippen LogP contribution in [0.3, 0.4) is 0 Å². The fourth-order valence-corrected chi connectivity index (χ4v) is 2.97. The molecule has 0 N–H and O–H groups in total. The highest BCUT2D eigenvalue weighted by atomic mass is 32.2.